The van der Waals surface area contributed by atoms with E-state index in [1.54, 1.807) is 38.4 Å². The monoisotopic (exact) mass is 418 g/mol. The summed E-state index contributed by atoms with van der Waals surface area (Å²) in [6.07, 6.45) is 0.824. The summed E-state index contributed by atoms with van der Waals surface area (Å²) in [6, 6.07) is 6.94. The Kier molecular flexibility index (Phi) is 9.11. The fourth-order valence-corrected chi connectivity index (χ4v) is 3.38. The van der Waals surface area contributed by atoms with Gasteiger partial charge < -0.3 is 19.4 Å². The summed E-state index contributed by atoms with van der Waals surface area (Å²) in [5.41, 5.74) is 0.539. The highest BCUT2D eigenvalue weighted by atomic mass is 16.5. The minimum atomic E-state index is -0.140. The van der Waals surface area contributed by atoms with Gasteiger partial charge in [-0.2, -0.15) is 0 Å². The second-order valence-corrected chi connectivity index (χ2v) is 7.59. The van der Waals surface area contributed by atoms with Crippen molar-refractivity contribution in [1.82, 2.24) is 19.6 Å². The van der Waals surface area contributed by atoms with E-state index in [2.05, 4.69) is 4.90 Å². The third-order valence-electron chi connectivity index (χ3n) is 5.29. The van der Waals surface area contributed by atoms with Gasteiger partial charge in [0.05, 0.1) is 6.54 Å². The molecule has 0 aliphatic carbocycles. The molecule has 0 aromatic heterocycles. The zero-order valence-corrected chi connectivity index (χ0v) is 18.6. The molecule has 8 nitrogen and oxygen atoms in total. The van der Waals surface area contributed by atoms with E-state index in [0.717, 1.165) is 13.0 Å². The molecule has 1 heterocycles. The van der Waals surface area contributed by atoms with E-state index in [0.29, 0.717) is 50.6 Å². The molecule has 0 radical (unpaired) electrons. The second-order valence-electron chi connectivity index (χ2n) is 7.59. The molecule has 3 amide bonds. The van der Waals surface area contributed by atoms with Crippen LogP contribution in [0, 0.1) is 0 Å². The topological polar surface area (TPSA) is 73.4 Å². The molecule has 0 N–H and O–H groups in total. The van der Waals surface area contributed by atoms with Crippen molar-refractivity contribution in [3.05, 3.63) is 29.8 Å². The lowest BCUT2D eigenvalue weighted by Crippen LogP contribution is -2.42. The van der Waals surface area contributed by atoms with Crippen LogP contribution in [0.3, 0.4) is 0 Å². The molecule has 0 atom stereocenters. The lowest BCUT2D eigenvalue weighted by molar-refractivity contribution is -0.132. The van der Waals surface area contributed by atoms with Crippen molar-refractivity contribution in [1.29, 1.82) is 0 Å². The van der Waals surface area contributed by atoms with E-state index >= 15 is 0 Å². The average molecular weight is 419 g/mol. The van der Waals surface area contributed by atoms with Gasteiger partial charge in [-0.1, -0.05) is 6.07 Å². The van der Waals surface area contributed by atoms with E-state index in [9.17, 15) is 14.4 Å². The van der Waals surface area contributed by atoms with Crippen LogP contribution in [0.5, 0.6) is 5.75 Å². The molecule has 1 aliphatic rings. The molecule has 30 heavy (non-hydrogen) atoms. The standard InChI is InChI=1S/C22H34N4O4/c1-5-25(6-2)20(27)16-24-11-8-12-26(14-13-24)22(29)18-9-7-10-19(15-18)30-17-21(28)23(3)4/h7,9-10,15H,5-6,8,11-14,16-17H2,1-4H3. The van der Waals surface area contributed by atoms with E-state index in [1.165, 1.54) is 4.90 Å². The molecule has 1 aromatic rings. The number of ether oxygens (including phenoxy) is 1. The molecule has 1 aliphatic heterocycles. The highest BCUT2D eigenvalue weighted by Gasteiger charge is 2.23. The van der Waals surface area contributed by atoms with Crippen LogP contribution >= 0.6 is 0 Å². The maximum Gasteiger partial charge on any atom is 0.259 e. The number of benzene rings is 1. The molecule has 1 saturated heterocycles. The average Bonchev–Trinajstić information content (AvgIpc) is 2.98. The Morgan fingerprint density at radius 3 is 2.40 bits per heavy atom. The molecule has 0 saturated carbocycles. The van der Waals surface area contributed by atoms with Crippen LogP contribution in [0.1, 0.15) is 30.6 Å². The van der Waals surface area contributed by atoms with Gasteiger partial charge in [0, 0.05) is 58.9 Å². The van der Waals surface area contributed by atoms with Crippen LogP contribution in [0.15, 0.2) is 24.3 Å². The SMILES string of the molecule is CCN(CC)C(=O)CN1CCCN(C(=O)c2cccc(OCC(=O)N(C)C)c2)CC1. The molecule has 0 bridgehead atoms. The maximum atomic E-state index is 13.0. The number of nitrogens with zero attached hydrogens (tertiary/aromatic N) is 4. The number of hydrogen-bond acceptors (Lipinski definition) is 5. The van der Waals surface area contributed by atoms with Gasteiger partial charge in [-0.3, -0.25) is 19.3 Å². The zero-order valence-electron chi connectivity index (χ0n) is 18.6. The van der Waals surface area contributed by atoms with Gasteiger partial charge in [-0.25, -0.2) is 0 Å². The number of carbonyl (C=O) groups excluding carboxylic acids is 3. The first-order valence-electron chi connectivity index (χ1n) is 10.6. The molecule has 0 unspecified atom stereocenters. The first kappa shape index (κ1) is 23.7. The largest absolute Gasteiger partial charge is 0.484 e. The maximum absolute atomic E-state index is 13.0. The molecule has 1 fully saturated rings. The lowest BCUT2D eigenvalue weighted by atomic mass is 10.2. The molecule has 1 aromatic carbocycles. The molecular formula is C22H34N4O4. The number of amides is 3. The van der Waals surface area contributed by atoms with Gasteiger partial charge in [0.15, 0.2) is 6.61 Å². The van der Waals surface area contributed by atoms with Crippen LogP contribution in [-0.2, 0) is 9.59 Å². The highest BCUT2D eigenvalue weighted by Crippen LogP contribution is 2.16. The van der Waals surface area contributed by atoms with Crippen molar-refractivity contribution in [3.63, 3.8) is 0 Å². The minimum Gasteiger partial charge on any atom is -0.484 e. The predicted octanol–water partition coefficient (Wildman–Crippen LogP) is 1.17. The third kappa shape index (κ3) is 6.73. The van der Waals surface area contributed by atoms with Gasteiger partial charge in [-0.15, -0.1) is 0 Å². The van der Waals surface area contributed by atoms with Crippen molar-refractivity contribution in [3.8, 4) is 5.75 Å². The first-order valence-corrected chi connectivity index (χ1v) is 10.6. The third-order valence-corrected chi connectivity index (χ3v) is 5.29. The Balaban J connectivity index is 1.94. The Morgan fingerprint density at radius 2 is 1.73 bits per heavy atom. The summed E-state index contributed by atoms with van der Waals surface area (Å²) in [5, 5.41) is 0. The summed E-state index contributed by atoms with van der Waals surface area (Å²) in [7, 11) is 3.34. The minimum absolute atomic E-state index is 0.0590. The van der Waals surface area contributed by atoms with E-state index in [4.69, 9.17) is 4.74 Å². The molecule has 166 valence electrons. The number of hydrogen-bond donors (Lipinski definition) is 0. The van der Waals surface area contributed by atoms with E-state index in [1.807, 2.05) is 23.6 Å². The Morgan fingerprint density at radius 1 is 1.00 bits per heavy atom. The van der Waals surface area contributed by atoms with E-state index in [-0.39, 0.29) is 24.3 Å². The Bertz CT molecular complexity index is 734. The summed E-state index contributed by atoms with van der Waals surface area (Å²) in [5.74, 6) is 0.434. The molecule has 8 heteroatoms. The predicted molar refractivity (Wildman–Crippen MR) is 116 cm³/mol. The molecule has 0 spiro atoms. The van der Waals surface area contributed by atoms with Gasteiger partial charge >= 0.3 is 0 Å². The molecule has 2 rings (SSSR count). The van der Waals surface area contributed by atoms with Gasteiger partial charge in [-0.05, 0) is 38.5 Å². The smallest absolute Gasteiger partial charge is 0.259 e. The van der Waals surface area contributed by atoms with Crippen molar-refractivity contribution >= 4 is 17.7 Å². The van der Waals surface area contributed by atoms with Crippen molar-refractivity contribution in [2.24, 2.45) is 0 Å². The summed E-state index contributed by atoms with van der Waals surface area (Å²) < 4.78 is 5.52. The summed E-state index contributed by atoms with van der Waals surface area (Å²) >= 11 is 0. The molecular weight excluding hydrogens is 384 g/mol. The van der Waals surface area contributed by atoms with Crippen LogP contribution in [0.2, 0.25) is 0 Å². The first-order chi connectivity index (χ1) is 14.3. The fraction of sp³-hybridized carbons (Fsp3) is 0.591. The van der Waals surface area contributed by atoms with Crippen LogP contribution < -0.4 is 4.74 Å². The van der Waals surface area contributed by atoms with Crippen LogP contribution in [-0.4, -0.2) is 104 Å². The highest BCUT2D eigenvalue weighted by molar-refractivity contribution is 5.94. The van der Waals surface area contributed by atoms with Crippen molar-refractivity contribution in [2.75, 3.05) is 66.5 Å². The quantitative estimate of drug-likeness (QED) is 0.634. The van der Waals surface area contributed by atoms with Gasteiger partial charge in [0.1, 0.15) is 5.75 Å². The summed E-state index contributed by atoms with van der Waals surface area (Å²) in [4.78, 5) is 44.3. The van der Waals surface area contributed by atoms with Crippen LogP contribution in [0.4, 0.5) is 0 Å². The lowest BCUT2D eigenvalue weighted by Gasteiger charge is -2.25. The fourth-order valence-electron chi connectivity index (χ4n) is 3.38. The normalized spacial score (nSPS) is 14.7. The van der Waals surface area contributed by atoms with Gasteiger partial charge in [0.25, 0.3) is 11.8 Å². The zero-order chi connectivity index (χ0) is 22.1. The number of carbonyl (C=O) groups is 3. The van der Waals surface area contributed by atoms with E-state index < -0.39 is 0 Å². The summed E-state index contributed by atoms with van der Waals surface area (Å²) in [6.45, 7) is 8.43. The van der Waals surface area contributed by atoms with Crippen LogP contribution in [0.25, 0.3) is 0 Å². The van der Waals surface area contributed by atoms with Gasteiger partial charge in [0.2, 0.25) is 5.91 Å². The Hall–Kier alpha value is -2.61. The van der Waals surface area contributed by atoms with Crippen molar-refractivity contribution < 1.29 is 19.1 Å². The number of likely N-dealkylation sites (N-methyl/N-ethyl adjacent to an activating group) is 2. The second kappa shape index (κ2) is 11.5. The van der Waals surface area contributed by atoms with Crippen molar-refractivity contribution in [2.45, 2.75) is 20.3 Å². The number of rotatable bonds is 8. The Labute approximate surface area is 179 Å².